The maximum Gasteiger partial charge on any atom is 0.322 e. The molecule has 0 bridgehead atoms. The summed E-state index contributed by atoms with van der Waals surface area (Å²) in [6, 6.07) is 9.54. The highest BCUT2D eigenvalue weighted by Crippen LogP contribution is 2.28. The Labute approximate surface area is 170 Å². The lowest BCUT2D eigenvalue weighted by Gasteiger charge is -2.28. The van der Waals surface area contributed by atoms with Crippen LogP contribution in [0.1, 0.15) is 18.5 Å². The van der Waals surface area contributed by atoms with Crippen molar-refractivity contribution in [2.45, 2.75) is 25.4 Å². The van der Waals surface area contributed by atoms with E-state index < -0.39 is 11.8 Å². The smallest absolute Gasteiger partial charge is 0.322 e. The summed E-state index contributed by atoms with van der Waals surface area (Å²) in [5.41, 5.74) is 1.11. The highest BCUT2D eigenvalue weighted by Gasteiger charge is 2.34. The number of halogens is 1. The lowest BCUT2D eigenvalue weighted by atomic mass is 10.3. The van der Waals surface area contributed by atoms with Crippen molar-refractivity contribution in [2.24, 2.45) is 7.05 Å². The minimum Gasteiger partial charge on any atom is -0.383 e. The summed E-state index contributed by atoms with van der Waals surface area (Å²) in [4.78, 5) is 28.9. The van der Waals surface area contributed by atoms with Crippen LogP contribution in [0.2, 0.25) is 0 Å². The summed E-state index contributed by atoms with van der Waals surface area (Å²) in [5, 5.41) is 2.54. The van der Waals surface area contributed by atoms with Gasteiger partial charge < -0.3 is 24.4 Å². The third kappa shape index (κ3) is 5.57. The van der Waals surface area contributed by atoms with E-state index in [1.165, 1.54) is 24.1 Å². The maximum absolute atomic E-state index is 13.9. The molecule has 0 radical (unpaired) electrons. The van der Waals surface area contributed by atoms with Crippen molar-refractivity contribution in [3.63, 3.8) is 0 Å². The Morgan fingerprint density at radius 2 is 2.00 bits per heavy atom. The first-order valence-corrected chi connectivity index (χ1v) is 9.68. The van der Waals surface area contributed by atoms with Gasteiger partial charge in [-0.1, -0.05) is 12.1 Å². The minimum absolute atomic E-state index is 0.0789. The van der Waals surface area contributed by atoms with Crippen LogP contribution in [0.25, 0.3) is 0 Å². The molecule has 0 saturated heterocycles. The van der Waals surface area contributed by atoms with Gasteiger partial charge in [-0.3, -0.25) is 4.79 Å². The Hall–Kier alpha value is -2.87. The van der Waals surface area contributed by atoms with Crippen LogP contribution in [0.4, 0.5) is 14.9 Å². The maximum atomic E-state index is 13.9. The first kappa shape index (κ1) is 20.9. The fourth-order valence-corrected chi connectivity index (χ4v) is 3.11. The monoisotopic (exact) mass is 402 g/mol. The molecule has 3 amide bonds. The van der Waals surface area contributed by atoms with E-state index in [0.717, 1.165) is 18.5 Å². The second-order valence-electron chi connectivity index (χ2n) is 7.19. The number of anilines is 1. The average molecular weight is 402 g/mol. The van der Waals surface area contributed by atoms with Gasteiger partial charge in [0.2, 0.25) is 5.91 Å². The lowest BCUT2D eigenvalue weighted by molar-refractivity contribution is -0.133. The van der Waals surface area contributed by atoms with Crippen LogP contribution in [0.5, 0.6) is 0 Å². The largest absolute Gasteiger partial charge is 0.383 e. The molecule has 1 aliphatic carbocycles. The van der Waals surface area contributed by atoms with Crippen molar-refractivity contribution in [1.82, 2.24) is 14.4 Å². The molecule has 0 aliphatic heterocycles. The lowest BCUT2D eigenvalue weighted by Crippen LogP contribution is -2.46. The van der Waals surface area contributed by atoms with Gasteiger partial charge in [0, 0.05) is 38.6 Å². The number of nitrogens with one attached hydrogen (secondary N) is 1. The molecule has 8 heteroatoms. The van der Waals surface area contributed by atoms with Gasteiger partial charge >= 0.3 is 6.03 Å². The van der Waals surface area contributed by atoms with Crippen LogP contribution < -0.4 is 5.32 Å². The molecular weight excluding hydrogens is 375 g/mol. The minimum atomic E-state index is -0.532. The number of hydrogen-bond acceptors (Lipinski definition) is 3. The van der Waals surface area contributed by atoms with Crippen molar-refractivity contribution >= 4 is 17.6 Å². The Balaban J connectivity index is 1.69. The number of para-hydroxylation sites is 1. The average Bonchev–Trinajstić information content (AvgIpc) is 3.46. The molecular formula is C21H27FN4O3. The van der Waals surface area contributed by atoms with E-state index in [9.17, 15) is 14.0 Å². The summed E-state index contributed by atoms with van der Waals surface area (Å²) in [7, 11) is 3.47. The van der Waals surface area contributed by atoms with Crippen molar-refractivity contribution in [2.75, 3.05) is 32.1 Å². The van der Waals surface area contributed by atoms with E-state index in [0.29, 0.717) is 6.54 Å². The van der Waals surface area contributed by atoms with Crippen LogP contribution in [0.3, 0.4) is 0 Å². The number of ether oxygens (including phenoxy) is 1. The summed E-state index contributed by atoms with van der Waals surface area (Å²) in [5.74, 6) is -0.657. The van der Waals surface area contributed by atoms with Crippen molar-refractivity contribution in [3.05, 3.63) is 54.1 Å². The normalized spacial score (nSPS) is 13.2. The first-order chi connectivity index (χ1) is 14.0. The number of aromatic nitrogens is 1. The van der Waals surface area contributed by atoms with Crippen molar-refractivity contribution < 1.29 is 18.7 Å². The Kier molecular flexibility index (Phi) is 6.87. The quantitative estimate of drug-likeness (QED) is 0.701. The predicted octanol–water partition coefficient (Wildman–Crippen LogP) is 2.84. The van der Waals surface area contributed by atoms with Crippen LogP contribution in [-0.2, 0) is 23.1 Å². The van der Waals surface area contributed by atoms with Gasteiger partial charge in [0.25, 0.3) is 0 Å². The number of carbonyl (C=O) groups is 2. The highest BCUT2D eigenvalue weighted by atomic mass is 19.1. The second-order valence-corrected chi connectivity index (χ2v) is 7.19. The number of methoxy groups -OCH3 is 1. The third-order valence-electron chi connectivity index (χ3n) is 4.99. The van der Waals surface area contributed by atoms with Gasteiger partial charge in [-0.2, -0.15) is 0 Å². The Morgan fingerprint density at radius 1 is 1.24 bits per heavy atom. The SMILES string of the molecule is COCCN(CC(=O)N(Cc1cccn1C)C1CC1)C(=O)Nc1ccccc1F. The number of amides is 3. The number of benzene rings is 1. The summed E-state index contributed by atoms with van der Waals surface area (Å²) in [6.45, 7) is 0.912. The van der Waals surface area contributed by atoms with E-state index in [1.807, 2.05) is 34.8 Å². The summed E-state index contributed by atoms with van der Waals surface area (Å²) >= 11 is 0. The highest BCUT2D eigenvalue weighted by molar-refractivity contribution is 5.92. The number of nitrogens with zero attached hydrogens (tertiary/aromatic N) is 3. The fraction of sp³-hybridized carbons (Fsp3) is 0.429. The van der Waals surface area contributed by atoms with E-state index in [-0.39, 0.29) is 37.3 Å². The molecule has 1 aromatic carbocycles. The topological polar surface area (TPSA) is 66.8 Å². The predicted molar refractivity (Wildman–Crippen MR) is 108 cm³/mol. The molecule has 156 valence electrons. The number of rotatable bonds is 9. The molecule has 2 aromatic rings. The van der Waals surface area contributed by atoms with Crippen LogP contribution >= 0.6 is 0 Å². The van der Waals surface area contributed by atoms with Crippen molar-refractivity contribution in [1.29, 1.82) is 0 Å². The molecule has 0 spiro atoms. The Morgan fingerprint density at radius 3 is 2.62 bits per heavy atom. The van der Waals surface area contributed by atoms with Crippen LogP contribution in [0, 0.1) is 5.82 Å². The fourth-order valence-electron chi connectivity index (χ4n) is 3.11. The molecule has 7 nitrogen and oxygen atoms in total. The van der Waals surface area contributed by atoms with E-state index in [1.54, 1.807) is 12.1 Å². The third-order valence-corrected chi connectivity index (χ3v) is 4.99. The van der Waals surface area contributed by atoms with Gasteiger partial charge in [-0.05, 0) is 37.1 Å². The summed E-state index contributed by atoms with van der Waals surface area (Å²) in [6.07, 6.45) is 3.88. The number of hydrogen-bond donors (Lipinski definition) is 1. The number of carbonyl (C=O) groups excluding carboxylic acids is 2. The van der Waals surface area contributed by atoms with Crippen molar-refractivity contribution in [3.8, 4) is 0 Å². The van der Waals surface area contributed by atoms with Crippen LogP contribution in [0.15, 0.2) is 42.6 Å². The Bertz CT molecular complexity index is 850. The van der Waals surface area contributed by atoms with Gasteiger partial charge in [0.15, 0.2) is 0 Å². The van der Waals surface area contributed by atoms with Gasteiger partial charge in [-0.25, -0.2) is 9.18 Å². The molecule has 0 atom stereocenters. The molecule has 3 rings (SSSR count). The van der Waals surface area contributed by atoms with E-state index in [2.05, 4.69) is 5.32 Å². The molecule has 1 fully saturated rings. The van der Waals surface area contributed by atoms with E-state index in [4.69, 9.17) is 4.74 Å². The van der Waals surface area contributed by atoms with Gasteiger partial charge in [-0.15, -0.1) is 0 Å². The van der Waals surface area contributed by atoms with Gasteiger partial charge in [0.05, 0.1) is 18.8 Å². The second kappa shape index (κ2) is 9.56. The number of aryl methyl sites for hydroxylation is 1. The summed E-state index contributed by atoms with van der Waals surface area (Å²) < 4.78 is 20.9. The zero-order chi connectivity index (χ0) is 20.8. The molecule has 1 N–H and O–H groups in total. The molecule has 1 heterocycles. The van der Waals surface area contributed by atoms with Gasteiger partial charge in [0.1, 0.15) is 12.4 Å². The van der Waals surface area contributed by atoms with Crippen LogP contribution in [-0.4, -0.2) is 59.2 Å². The first-order valence-electron chi connectivity index (χ1n) is 9.68. The van der Waals surface area contributed by atoms with E-state index >= 15 is 0 Å². The zero-order valence-electron chi connectivity index (χ0n) is 16.8. The number of urea groups is 1. The standard InChI is InChI=1S/C21H27FN4O3/c1-24-11-5-6-17(24)14-26(16-9-10-16)20(27)15-25(12-13-29-2)21(28)23-19-8-4-3-7-18(19)22/h3-8,11,16H,9-10,12-15H2,1-2H3,(H,23,28). The molecule has 1 saturated carbocycles. The molecule has 0 unspecified atom stereocenters. The molecule has 1 aromatic heterocycles. The zero-order valence-corrected chi connectivity index (χ0v) is 16.8. The molecule has 29 heavy (non-hydrogen) atoms. The molecule has 1 aliphatic rings.